The number of hydrogen-bond donors (Lipinski definition) is 1. The van der Waals surface area contributed by atoms with Crippen LogP contribution in [0.5, 0.6) is 11.5 Å². The number of methoxy groups -OCH3 is 2. The molecule has 1 N–H and O–H groups in total. The third-order valence-corrected chi connectivity index (χ3v) is 7.72. The molecule has 0 bridgehead atoms. The molecule has 1 aliphatic carbocycles. The monoisotopic (exact) mass is 521 g/mol. The van der Waals surface area contributed by atoms with Crippen molar-refractivity contribution in [2.75, 3.05) is 14.2 Å². The van der Waals surface area contributed by atoms with Crippen LogP contribution in [0, 0.1) is 6.92 Å². The van der Waals surface area contributed by atoms with E-state index >= 15 is 0 Å². The van der Waals surface area contributed by atoms with Gasteiger partial charge in [-0.1, -0.05) is 6.42 Å². The molecule has 10 nitrogen and oxygen atoms in total. The number of benzene rings is 1. The molecule has 0 amide bonds. The van der Waals surface area contributed by atoms with Gasteiger partial charge in [-0.25, -0.2) is 15.0 Å². The Morgan fingerprint density at radius 3 is 2.74 bits per heavy atom. The SMILES string of the molecule is COc1ccc(Cn2c3nccc(-c4nc5cncc(C6CCC6)c5c(=O)[nH]4)c3n3cc(C)nc23)c(OC)c1. The number of fused-ring (bicyclic) bond motifs is 4. The second-order valence-electron chi connectivity index (χ2n) is 10.0. The van der Waals surface area contributed by atoms with E-state index in [-0.39, 0.29) is 5.56 Å². The maximum Gasteiger partial charge on any atom is 0.259 e. The van der Waals surface area contributed by atoms with Crippen LogP contribution in [-0.4, -0.2) is 48.1 Å². The molecule has 6 aromatic rings. The number of aromatic nitrogens is 7. The molecule has 196 valence electrons. The van der Waals surface area contributed by atoms with Crippen molar-refractivity contribution in [2.24, 2.45) is 0 Å². The molecule has 5 heterocycles. The number of pyridine rings is 2. The molecule has 0 radical (unpaired) electrons. The summed E-state index contributed by atoms with van der Waals surface area (Å²) in [5, 5.41) is 0.636. The summed E-state index contributed by atoms with van der Waals surface area (Å²) in [5.41, 5.74) is 5.56. The summed E-state index contributed by atoms with van der Waals surface area (Å²) < 4.78 is 15.1. The summed E-state index contributed by atoms with van der Waals surface area (Å²) in [6.07, 6.45) is 10.5. The van der Waals surface area contributed by atoms with Gasteiger partial charge in [0.1, 0.15) is 22.8 Å². The molecule has 1 fully saturated rings. The molecule has 1 aliphatic rings. The zero-order chi connectivity index (χ0) is 26.7. The van der Waals surface area contributed by atoms with E-state index in [0.29, 0.717) is 34.9 Å². The fraction of sp³-hybridized carbons (Fsp3) is 0.276. The zero-order valence-corrected chi connectivity index (χ0v) is 21.9. The molecule has 5 aromatic heterocycles. The molecule has 1 saturated carbocycles. The predicted molar refractivity (Wildman–Crippen MR) is 148 cm³/mol. The molecule has 7 rings (SSSR count). The smallest absolute Gasteiger partial charge is 0.259 e. The van der Waals surface area contributed by atoms with Crippen molar-refractivity contribution < 1.29 is 9.47 Å². The molecule has 0 atom stereocenters. The second kappa shape index (κ2) is 8.93. The van der Waals surface area contributed by atoms with Crippen LogP contribution >= 0.6 is 0 Å². The van der Waals surface area contributed by atoms with Gasteiger partial charge in [-0.15, -0.1) is 0 Å². The number of aryl methyl sites for hydroxylation is 1. The van der Waals surface area contributed by atoms with Gasteiger partial charge >= 0.3 is 0 Å². The Hall–Kier alpha value is -4.73. The summed E-state index contributed by atoms with van der Waals surface area (Å²) in [7, 11) is 3.27. The Morgan fingerprint density at radius 1 is 1.10 bits per heavy atom. The summed E-state index contributed by atoms with van der Waals surface area (Å²) in [6.45, 7) is 2.43. The van der Waals surface area contributed by atoms with E-state index in [4.69, 9.17) is 24.4 Å². The lowest BCUT2D eigenvalue weighted by Crippen LogP contribution is -2.17. The molecule has 0 unspecified atom stereocenters. The minimum absolute atomic E-state index is 0.148. The number of nitrogens with zero attached hydrogens (tertiary/aromatic N) is 6. The first-order valence-electron chi connectivity index (χ1n) is 13.0. The predicted octanol–water partition coefficient (Wildman–Crippen LogP) is 4.62. The van der Waals surface area contributed by atoms with Crippen LogP contribution < -0.4 is 15.0 Å². The van der Waals surface area contributed by atoms with Crippen molar-refractivity contribution in [3.05, 3.63) is 76.2 Å². The van der Waals surface area contributed by atoms with Crippen LogP contribution in [-0.2, 0) is 6.54 Å². The van der Waals surface area contributed by atoms with Crippen molar-refractivity contribution in [3.63, 3.8) is 0 Å². The van der Waals surface area contributed by atoms with Gasteiger partial charge in [-0.3, -0.25) is 18.7 Å². The summed E-state index contributed by atoms with van der Waals surface area (Å²) in [4.78, 5) is 35.3. The molecule has 39 heavy (non-hydrogen) atoms. The van der Waals surface area contributed by atoms with E-state index in [1.165, 1.54) is 6.42 Å². The van der Waals surface area contributed by atoms with E-state index in [1.54, 1.807) is 26.6 Å². The standard InChI is InChI=1S/C29H27N7O3/c1-16-14-35-25-20(26-33-22-13-30-12-21(17-5-4-6-17)24(22)28(37)34-26)9-10-31-27(25)36(29(35)32-16)15-18-7-8-19(38-2)11-23(18)39-3/h7-14,17H,4-6,15H2,1-3H3,(H,33,34,37). The first kappa shape index (κ1) is 23.4. The fourth-order valence-electron chi connectivity index (χ4n) is 5.57. The Labute approximate surface area is 223 Å². The minimum atomic E-state index is -0.148. The minimum Gasteiger partial charge on any atom is -0.497 e. The number of nitrogens with one attached hydrogen (secondary N) is 1. The highest BCUT2D eigenvalue weighted by Gasteiger charge is 2.25. The summed E-state index contributed by atoms with van der Waals surface area (Å²) in [5.74, 6) is 3.01. The van der Waals surface area contributed by atoms with Crippen molar-refractivity contribution in [3.8, 4) is 22.9 Å². The quantitative estimate of drug-likeness (QED) is 0.340. The average Bonchev–Trinajstić information content (AvgIpc) is 3.43. The van der Waals surface area contributed by atoms with Crippen molar-refractivity contribution in [1.29, 1.82) is 0 Å². The lowest BCUT2D eigenvalue weighted by atomic mass is 9.79. The Morgan fingerprint density at radius 2 is 1.97 bits per heavy atom. The maximum absolute atomic E-state index is 13.4. The highest BCUT2D eigenvalue weighted by molar-refractivity contribution is 5.92. The van der Waals surface area contributed by atoms with Gasteiger partial charge in [0.25, 0.3) is 5.56 Å². The van der Waals surface area contributed by atoms with E-state index in [1.807, 2.05) is 52.6 Å². The number of ether oxygens (including phenoxy) is 2. The van der Waals surface area contributed by atoms with E-state index in [2.05, 4.69) is 9.97 Å². The number of hydrogen-bond acceptors (Lipinski definition) is 7. The first-order valence-corrected chi connectivity index (χ1v) is 13.0. The molecule has 1 aromatic carbocycles. The van der Waals surface area contributed by atoms with Crippen LogP contribution in [0.25, 0.3) is 39.2 Å². The molecule has 10 heteroatoms. The Bertz CT molecular complexity index is 1950. The van der Waals surface area contributed by atoms with E-state index in [0.717, 1.165) is 57.9 Å². The third kappa shape index (κ3) is 3.66. The van der Waals surface area contributed by atoms with Crippen molar-refractivity contribution in [1.82, 2.24) is 33.9 Å². The maximum atomic E-state index is 13.4. The van der Waals surface area contributed by atoms with Gasteiger partial charge < -0.3 is 14.5 Å². The van der Waals surface area contributed by atoms with Gasteiger partial charge in [0.2, 0.25) is 5.78 Å². The van der Waals surface area contributed by atoms with Crippen molar-refractivity contribution in [2.45, 2.75) is 38.6 Å². The molecular formula is C29H27N7O3. The second-order valence-corrected chi connectivity index (χ2v) is 10.0. The largest absolute Gasteiger partial charge is 0.497 e. The average molecular weight is 522 g/mol. The number of aromatic amines is 1. The Kier molecular flexibility index (Phi) is 5.36. The fourth-order valence-corrected chi connectivity index (χ4v) is 5.57. The van der Waals surface area contributed by atoms with Gasteiger partial charge in [-0.05, 0) is 49.4 Å². The zero-order valence-electron chi connectivity index (χ0n) is 21.9. The highest BCUT2D eigenvalue weighted by Crippen LogP contribution is 2.38. The van der Waals surface area contributed by atoms with Crippen LogP contribution in [0.15, 0.2) is 53.8 Å². The van der Waals surface area contributed by atoms with E-state index in [9.17, 15) is 4.79 Å². The first-order chi connectivity index (χ1) is 19.1. The number of H-pyrrole nitrogens is 1. The lowest BCUT2D eigenvalue weighted by molar-refractivity contribution is 0.390. The molecule has 0 spiro atoms. The summed E-state index contributed by atoms with van der Waals surface area (Å²) in [6, 6.07) is 7.63. The lowest BCUT2D eigenvalue weighted by Gasteiger charge is -2.26. The number of imidazole rings is 2. The van der Waals surface area contributed by atoms with Gasteiger partial charge in [0.05, 0.1) is 43.6 Å². The normalized spacial score (nSPS) is 13.8. The van der Waals surface area contributed by atoms with E-state index < -0.39 is 0 Å². The van der Waals surface area contributed by atoms with Crippen LogP contribution in [0.4, 0.5) is 0 Å². The van der Waals surface area contributed by atoms with Gasteiger partial charge in [0, 0.05) is 35.8 Å². The van der Waals surface area contributed by atoms with Crippen LogP contribution in [0.3, 0.4) is 0 Å². The highest BCUT2D eigenvalue weighted by atomic mass is 16.5. The van der Waals surface area contributed by atoms with Gasteiger partial charge in [-0.2, -0.15) is 0 Å². The van der Waals surface area contributed by atoms with Crippen molar-refractivity contribution >= 4 is 27.8 Å². The number of rotatable bonds is 6. The van der Waals surface area contributed by atoms with Gasteiger partial charge in [0.15, 0.2) is 5.65 Å². The Balaban J connectivity index is 1.43. The summed E-state index contributed by atoms with van der Waals surface area (Å²) >= 11 is 0. The van der Waals surface area contributed by atoms with Crippen LogP contribution in [0.2, 0.25) is 0 Å². The molecule has 0 saturated heterocycles. The third-order valence-electron chi connectivity index (χ3n) is 7.72. The van der Waals surface area contributed by atoms with Crippen LogP contribution in [0.1, 0.15) is 42.0 Å². The molecular weight excluding hydrogens is 494 g/mol. The molecule has 0 aliphatic heterocycles. The topological polar surface area (TPSA) is 112 Å².